The van der Waals surface area contributed by atoms with Crippen molar-refractivity contribution in [3.63, 3.8) is 0 Å². The molecule has 1 rings (SSSR count). The van der Waals surface area contributed by atoms with E-state index in [1.165, 1.54) is 5.56 Å². The predicted octanol–water partition coefficient (Wildman–Crippen LogP) is 1.71. The van der Waals surface area contributed by atoms with Crippen molar-refractivity contribution in [1.82, 2.24) is 0 Å². The van der Waals surface area contributed by atoms with Crippen LogP contribution in [-0.2, 0) is 19.8 Å². The Morgan fingerprint density at radius 1 is 1.14 bits per heavy atom. The molecular formula is C6H7Os. The van der Waals surface area contributed by atoms with Gasteiger partial charge in [-0.05, 0) is 0 Å². The van der Waals surface area contributed by atoms with Crippen LogP contribution in [0.15, 0.2) is 24.3 Å². The molecule has 0 spiro atoms. The van der Waals surface area contributed by atoms with Gasteiger partial charge >= 0.3 is 19.8 Å². The third-order valence-corrected chi connectivity index (χ3v) is 0.829. The predicted molar refractivity (Wildman–Crippen MR) is 26.8 cm³/mol. The smallest absolute Gasteiger partial charge is 0.213 e. The van der Waals surface area contributed by atoms with E-state index in [0.717, 1.165) is 0 Å². The summed E-state index contributed by atoms with van der Waals surface area (Å²) in [6.45, 7) is 2.08. The second-order valence-corrected chi connectivity index (χ2v) is 1.46. The standard InChI is InChI=1S/C6H7.Os/c1-6-4-2-3-5-6;/h2-5H,1H3;/q-1;+1. The number of hydrogen-bond acceptors (Lipinski definition) is 0. The number of hydrogen-bond donors (Lipinski definition) is 0. The molecule has 0 bridgehead atoms. The third-order valence-electron chi connectivity index (χ3n) is 0.829. The van der Waals surface area contributed by atoms with Gasteiger partial charge in [0.15, 0.2) is 0 Å². The zero-order valence-corrected chi connectivity index (χ0v) is 6.70. The molecule has 0 saturated carbocycles. The normalized spacial score (nSPS) is 7.57. The summed E-state index contributed by atoms with van der Waals surface area (Å²) in [6.07, 6.45) is 0. The van der Waals surface area contributed by atoms with E-state index in [0.29, 0.717) is 0 Å². The fourth-order valence-electron chi connectivity index (χ4n) is 0.470. The first kappa shape index (κ1) is 6.99. The van der Waals surface area contributed by atoms with Crippen molar-refractivity contribution >= 4 is 0 Å². The second-order valence-electron chi connectivity index (χ2n) is 1.46. The summed E-state index contributed by atoms with van der Waals surface area (Å²) < 4.78 is 0. The van der Waals surface area contributed by atoms with E-state index in [1.807, 2.05) is 12.1 Å². The molecule has 0 nitrogen and oxygen atoms in total. The molecule has 0 saturated heterocycles. The third kappa shape index (κ3) is 1.95. The Hall–Kier alpha value is -0.0136. The van der Waals surface area contributed by atoms with Crippen LogP contribution in [-0.4, -0.2) is 0 Å². The van der Waals surface area contributed by atoms with Gasteiger partial charge in [0.05, 0.1) is 0 Å². The van der Waals surface area contributed by atoms with Crippen molar-refractivity contribution in [1.29, 1.82) is 0 Å². The molecule has 0 heterocycles. The summed E-state index contributed by atoms with van der Waals surface area (Å²) >= 11 is 0. The van der Waals surface area contributed by atoms with Crippen LogP contribution in [0.25, 0.3) is 0 Å². The minimum absolute atomic E-state index is 0. The summed E-state index contributed by atoms with van der Waals surface area (Å²) in [5.41, 5.74) is 1.34. The second kappa shape index (κ2) is 3.05. The Bertz CT molecular complexity index is 108. The molecule has 39 valence electrons. The molecule has 0 N–H and O–H groups in total. The molecule has 0 aromatic heterocycles. The van der Waals surface area contributed by atoms with E-state index in [1.54, 1.807) is 0 Å². The Labute approximate surface area is 57.0 Å². The maximum atomic E-state index is 2.08. The molecule has 0 aliphatic heterocycles. The average Bonchev–Trinajstić information content (AvgIpc) is 1.86. The molecule has 0 atom stereocenters. The van der Waals surface area contributed by atoms with Gasteiger partial charge in [0.25, 0.3) is 0 Å². The molecule has 0 aliphatic carbocycles. The largest absolute Gasteiger partial charge is 1.00 e. The summed E-state index contributed by atoms with van der Waals surface area (Å²) in [5.74, 6) is 0. The van der Waals surface area contributed by atoms with E-state index in [9.17, 15) is 0 Å². The summed E-state index contributed by atoms with van der Waals surface area (Å²) in [4.78, 5) is 0. The van der Waals surface area contributed by atoms with Crippen LogP contribution in [0.2, 0.25) is 0 Å². The first-order valence-corrected chi connectivity index (χ1v) is 2.08. The van der Waals surface area contributed by atoms with Gasteiger partial charge in [0.2, 0.25) is 0 Å². The van der Waals surface area contributed by atoms with Crippen LogP contribution in [0.5, 0.6) is 0 Å². The maximum Gasteiger partial charge on any atom is 1.00 e. The van der Waals surface area contributed by atoms with Gasteiger partial charge in [-0.1, -0.05) is 6.92 Å². The van der Waals surface area contributed by atoms with E-state index >= 15 is 0 Å². The molecule has 1 aromatic carbocycles. The van der Waals surface area contributed by atoms with Gasteiger partial charge in [-0.3, -0.25) is 0 Å². The van der Waals surface area contributed by atoms with Gasteiger partial charge in [0, 0.05) is 0 Å². The van der Waals surface area contributed by atoms with Crippen LogP contribution in [0, 0.1) is 6.92 Å². The Morgan fingerprint density at radius 2 is 1.57 bits per heavy atom. The topological polar surface area (TPSA) is 0 Å². The zero-order chi connectivity index (χ0) is 4.41. The maximum absolute atomic E-state index is 2.08. The SMILES string of the molecule is C[c-]1cccc1.[Os+]. The average molecular weight is 269 g/mol. The van der Waals surface area contributed by atoms with Gasteiger partial charge in [-0.25, -0.2) is 12.1 Å². The van der Waals surface area contributed by atoms with Gasteiger partial charge < -0.3 is 0 Å². The fourth-order valence-corrected chi connectivity index (χ4v) is 0.470. The Morgan fingerprint density at radius 3 is 1.71 bits per heavy atom. The fraction of sp³-hybridized carbons (Fsp3) is 0.167. The van der Waals surface area contributed by atoms with Crippen LogP contribution >= 0.6 is 0 Å². The minimum atomic E-state index is 0. The van der Waals surface area contributed by atoms with E-state index < -0.39 is 0 Å². The number of aryl methyl sites for hydroxylation is 1. The molecular weight excluding hydrogens is 262 g/mol. The Kier molecular flexibility index (Phi) is 3.04. The van der Waals surface area contributed by atoms with E-state index in [2.05, 4.69) is 19.1 Å². The Balaban J connectivity index is 0.000000360. The van der Waals surface area contributed by atoms with Crippen molar-refractivity contribution in [3.05, 3.63) is 29.8 Å². The van der Waals surface area contributed by atoms with Crippen molar-refractivity contribution in [2.24, 2.45) is 0 Å². The molecule has 0 aliphatic rings. The molecule has 1 radical (unpaired) electrons. The van der Waals surface area contributed by atoms with Gasteiger partial charge in [0.1, 0.15) is 0 Å². The van der Waals surface area contributed by atoms with E-state index in [-0.39, 0.29) is 19.8 Å². The van der Waals surface area contributed by atoms with Crippen molar-refractivity contribution in [2.45, 2.75) is 6.92 Å². The zero-order valence-electron chi connectivity index (χ0n) is 4.16. The van der Waals surface area contributed by atoms with Crippen LogP contribution in [0.3, 0.4) is 0 Å². The van der Waals surface area contributed by atoms with Crippen LogP contribution in [0.4, 0.5) is 0 Å². The molecule has 1 aromatic rings. The van der Waals surface area contributed by atoms with Crippen molar-refractivity contribution in [3.8, 4) is 0 Å². The molecule has 0 fully saturated rings. The summed E-state index contributed by atoms with van der Waals surface area (Å²) in [5, 5.41) is 0. The molecule has 1 heteroatoms. The monoisotopic (exact) mass is 271 g/mol. The van der Waals surface area contributed by atoms with Crippen LogP contribution < -0.4 is 0 Å². The van der Waals surface area contributed by atoms with Crippen molar-refractivity contribution < 1.29 is 19.8 Å². The quantitative estimate of drug-likeness (QED) is 0.629. The number of rotatable bonds is 0. The summed E-state index contributed by atoms with van der Waals surface area (Å²) in [7, 11) is 0. The first-order valence-electron chi connectivity index (χ1n) is 2.08. The van der Waals surface area contributed by atoms with E-state index in [4.69, 9.17) is 0 Å². The summed E-state index contributed by atoms with van der Waals surface area (Å²) in [6, 6.07) is 8.24. The first-order chi connectivity index (χ1) is 2.89. The minimum Gasteiger partial charge on any atom is -0.213 e. The van der Waals surface area contributed by atoms with Gasteiger partial charge in [-0.15, -0.1) is 0 Å². The van der Waals surface area contributed by atoms with Gasteiger partial charge in [-0.2, -0.15) is 17.7 Å². The van der Waals surface area contributed by atoms with Crippen LogP contribution in [0.1, 0.15) is 5.56 Å². The molecule has 0 amide bonds. The molecule has 7 heavy (non-hydrogen) atoms. The molecule has 0 unspecified atom stereocenters. The van der Waals surface area contributed by atoms with Crippen molar-refractivity contribution in [2.75, 3.05) is 0 Å².